The molecule has 0 radical (unpaired) electrons. The number of sulfonamides is 1. The van der Waals surface area contributed by atoms with E-state index in [4.69, 9.17) is 16.3 Å². The minimum Gasteiger partial charge on any atom is -0.452 e. The van der Waals surface area contributed by atoms with Gasteiger partial charge in [0.25, 0.3) is 5.91 Å². The van der Waals surface area contributed by atoms with Crippen LogP contribution in [-0.2, 0) is 19.6 Å². The quantitative estimate of drug-likeness (QED) is 0.589. The number of hydrogen-bond donors (Lipinski definition) is 0. The molecule has 0 N–H and O–H groups in total. The minimum absolute atomic E-state index is 0.0610. The third-order valence-electron chi connectivity index (χ3n) is 6.19. The van der Waals surface area contributed by atoms with E-state index in [2.05, 4.69) is 0 Å². The summed E-state index contributed by atoms with van der Waals surface area (Å²) in [5, 5.41) is 0.0638. The highest BCUT2D eigenvalue weighted by atomic mass is 35.5. The standard InChI is InChI=1S/C22H31ClN2O5S/c1-24(18-9-5-4-6-10-18)21(26)16-30-22(27)17-11-12-19(23)20(15-17)31(28,29)25-13-7-2-3-8-14-25/h11-12,15,18H,2-10,13-14,16H2,1H3. The highest BCUT2D eigenvalue weighted by Gasteiger charge is 2.29. The molecule has 31 heavy (non-hydrogen) atoms. The lowest BCUT2D eigenvalue weighted by Crippen LogP contribution is -2.40. The molecule has 1 aliphatic carbocycles. The highest BCUT2D eigenvalue weighted by Crippen LogP contribution is 2.28. The van der Waals surface area contributed by atoms with E-state index in [1.807, 2.05) is 0 Å². The van der Waals surface area contributed by atoms with Crippen molar-refractivity contribution in [2.75, 3.05) is 26.7 Å². The van der Waals surface area contributed by atoms with Crippen LogP contribution in [0.15, 0.2) is 23.1 Å². The van der Waals surface area contributed by atoms with Crippen molar-refractivity contribution in [1.29, 1.82) is 0 Å². The predicted octanol–water partition coefficient (Wildman–Crippen LogP) is 3.85. The third-order valence-corrected chi connectivity index (χ3v) is 8.57. The van der Waals surface area contributed by atoms with E-state index in [-0.39, 0.29) is 34.0 Å². The first-order chi connectivity index (χ1) is 14.8. The van der Waals surface area contributed by atoms with Gasteiger partial charge in [-0.25, -0.2) is 13.2 Å². The van der Waals surface area contributed by atoms with Gasteiger partial charge in [-0.2, -0.15) is 4.31 Å². The van der Waals surface area contributed by atoms with E-state index in [9.17, 15) is 18.0 Å². The van der Waals surface area contributed by atoms with Crippen LogP contribution in [0.25, 0.3) is 0 Å². The predicted molar refractivity (Wildman–Crippen MR) is 119 cm³/mol. The molecule has 9 heteroatoms. The second-order valence-electron chi connectivity index (χ2n) is 8.34. The Balaban J connectivity index is 1.67. The molecular formula is C22H31ClN2O5S. The molecular weight excluding hydrogens is 440 g/mol. The molecule has 1 aromatic rings. The van der Waals surface area contributed by atoms with Gasteiger partial charge in [0.1, 0.15) is 4.90 Å². The number of benzene rings is 1. The Kier molecular flexibility index (Phi) is 8.36. The SMILES string of the molecule is CN(C(=O)COC(=O)c1ccc(Cl)c(S(=O)(=O)N2CCCCCC2)c1)C1CCCCC1. The molecule has 172 valence electrons. The van der Waals surface area contributed by atoms with Crippen molar-refractivity contribution in [2.45, 2.75) is 68.7 Å². The summed E-state index contributed by atoms with van der Waals surface area (Å²) < 4.78 is 32.8. The summed E-state index contributed by atoms with van der Waals surface area (Å²) in [4.78, 5) is 26.5. The molecule has 1 heterocycles. The fourth-order valence-corrected chi connectivity index (χ4v) is 6.25. The number of carbonyl (C=O) groups excluding carboxylic acids is 2. The van der Waals surface area contributed by atoms with Gasteiger partial charge in [-0.1, -0.05) is 43.7 Å². The van der Waals surface area contributed by atoms with Gasteiger partial charge in [0, 0.05) is 26.2 Å². The molecule has 1 amide bonds. The first kappa shape index (κ1) is 24.0. The average Bonchev–Trinajstić information content (AvgIpc) is 3.07. The van der Waals surface area contributed by atoms with Crippen LogP contribution in [-0.4, -0.2) is 62.3 Å². The van der Waals surface area contributed by atoms with Crippen molar-refractivity contribution in [2.24, 2.45) is 0 Å². The van der Waals surface area contributed by atoms with Crippen molar-refractivity contribution in [3.8, 4) is 0 Å². The van der Waals surface area contributed by atoms with Crippen LogP contribution in [0.5, 0.6) is 0 Å². The summed E-state index contributed by atoms with van der Waals surface area (Å²) >= 11 is 6.18. The average molecular weight is 471 g/mol. The van der Waals surface area contributed by atoms with Crippen molar-refractivity contribution in [3.63, 3.8) is 0 Å². The first-order valence-corrected chi connectivity index (χ1v) is 12.8. The van der Waals surface area contributed by atoms with Gasteiger partial charge in [0.15, 0.2) is 6.61 Å². The molecule has 1 saturated heterocycles. The van der Waals surface area contributed by atoms with Gasteiger partial charge in [-0.05, 0) is 43.9 Å². The van der Waals surface area contributed by atoms with Crippen LogP contribution >= 0.6 is 11.6 Å². The molecule has 1 aromatic carbocycles. The summed E-state index contributed by atoms with van der Waals surface area (Å²) in [5.74, 6) is -0.999. The smallest absolute Gasteiger partial charge is 0.338 e. The molecule has 2 aliphatic rings. The summed E-state index contributed by atoms with van der Waals surface area (Å²) in [6.45, 7) is 0.507. The first-order valence-electron chi connectivity index (χ1n) is 11.0. The van der Waals surface area contributed by atoms with Gasteiger partial charge in [-0.3, -0.25) is 4.79 Å². The monoisotopic (exact) mass is 470 g/mol. The molecule has 0 atom stereocenters. The van der Waals surface area contributed by atoms with Crippen LogP contribution in [0.4, 0.5) is 0 Å². The lowest BCUT2D eigenvalue weighted by Gasteiger charge is -2.31. The molecule has 0 aromatic heterocycles. The van der Waals surface area contributed by atoms with Crippen LogP contribution in [0, 0.1) is 0 Å². The summed E-state index contributed by atoms with van der Waals surface area (Å²) in [7, 11) is -2.08. The number of amides is 1. The van der Waals surface area contributed by atoms with E-state index >= 15 is 0 Å². The maximum Gasteiger partial charge on any atom is 0.338 e. The number of likely N-dealkylation sites (N-methyl/N-ethyl adjacent to an activating group) is 1. The third kappa shape index (κ3) is 5.99. The summed E-state index contributed by atoms with van der Waals surface area (Å²) in [5.41, 5.74) is 0.0610. The van der Waals surface area contributed by atoms with Crippen LogP contribution in [0.3, 0.4) is 0 Å². The normalized spacial score (nSPS) is 18.9. The van der Waals surface area contributed by atoms with E-state index in [0.29, 0.717) is 13.1 Å². The lowest BCUT2D eigenvalue weighted by molar-refractivity contribution is -0.135. The lowest BCUT2D eigenvalue weighted by atomic mass is 9.94. The fraction of sp³-hybridized carbons (Fsp3) is 0.636. The maximum atomic E-state index is 13.1. The van der Waals surface area contributed by atoms with E-state index in [1.165, 1.54) is 28.9 Å². The molecule has 7 nitrogen and oxygen atoms in total. The van der Waals surface area contributed by atoms with Crippen molar-refractivity contribution in [1.82, 2.24) is 9.21 Å². The van der Waals surface area contributed by atoms with E-state index < -0.39 is 16.0 Å². The van der Waals surface area contributed by atoms with E-state index in [1.54, 1.807) is 11.9 Å². The van der Waals surface area contributed by atoms with Gasteiger partial charge >= 0.3 is 5.97 Å². The Hall–Kier alpha value is -1.64. The van der Waals surface area contributed by atoms with Gasteiger partial charge in [0.2, 0.25) is 10.0 Å². The molecule has 2 fully saturated rings. The largest absolute Gasteiger partial charge is 0.452 e. The zero-order chi connectivity index (χ0) is 22.4. The number of esters is 1. The van der Waals surface area contributed by atoms with Crippen molar-refractivity contribution >= 4 is 33.5 Å². The Bertz CT molecular complexity index is 891. The number of carbonyl (C=O) groups is 2. The second-order valence-corrected chi connectivity index (χ2v) is 10.6. The Morgan fingerprint density at radius 1 is 1.06 bits per heavy atom. The molecule has 0 spiro atoms. The van der Waals surface area contributed by atoms with Gasteiger partial charge < -0.3 is 9.64 Å². The topological polar surface area (TPSA) is 84.0 Å². The number of halogens is 1. The van der Waals surface area contributed by atoms with Gasteiger partial charge in [-0.15, -0.1) is 0 Å². The van der Waals surface area contributed by atoms with E-state index in [0.717, 1.165) is 51.4 Å². The van der Waals surface area contributed by atoms with Crippen molar-refractivity contribution < 1.29 is 22.7 Å². The van der Waals surface area contributed by atoms with Crippen molar-refractivity contribution in [3.05, 3.63) is 28.8 Å². The van der Waals surface area contributed by atoms with Crippen LogP contribution in [0.1, 0.15) is 68.1 Å². The molecule has 1 saturated carbocycles. The Labute approximate surface area is 189 Å². The van der Waals surface area contributed by atoms with Gasteiger partial charge in [0.05, 0.1) is 10.6 Å². The molecule has 0 unspecified atom stereocenters. The number of rotatable bonds is 6. The van der Waals surface area contributed by atoms with Crippen LogP contribution in [0.2, 0.25) is 5.02 Å². The second kappa shape index (κ2) is 10.8. The number of hydrogen-bond acceptors (Lipinski definition) is 5. The molecule has 0 bridgehead atoms. The zero-order valence-electron chi connectivity index (χ0n) is 18.0. The summed E-state index contributed by atoms with van der Waals surface area (Å²) in [6.07, 6.45) is 8.90. The minimum atomic E-state index is -3.81. The summed E-state index contributed by atoms with van der Waals surface area (Å²) in [6, 6.07) is 4.24. The Morgan fingerprint density at radius 2 is 1.68 bits per heavy atom. The highest BCUT2D eigenvalue weighted by molar-refractivity contribution is 7.89. The number of nitrogens with zero attached hydrogens (tertiary/aromatic N) is 2. The molecule has 3 rings (SSSR count). The number of ether oxygens (including phenoxy) is 1. The fourth-order valence-electron chi connectivity index (χ4n) is 4.23. The Morgan fingerprint density at radius 3 is 2.32 bits per heavy atom. The zero-order valence-corrected chi connectivity index (χ0v) is 19.6. The van der Waals surface area contributed by atoms with Crippen LogP contribution < -0.4 is 0 Å². The maximum absolute atomic E-state index is 13.1. The molecule has 1 aliphatic heterocycles.